The van der Waals surface area contributed by atoms with Crippen LogP contribution in [0.2, 0.25) is 18.1 Å². The van der Waals surface area contributed by atoms with Gasteiger partial charge in [-0.2, -0.15) is 0 Å². The van der Waals surface area contributed by atoms with Gasteiger partial charge in [-0.15, -0.1) is 5.10 Å². The molecule has 1 amide bonds. The van der Waals surface area contributed by atoms with Crippen LogP contribution in [0.15, 0.2) is 43.1 Å². The number of aromatic nitrogens is 3. The Bertz CT molecular complexity index is 1370. The quantitative estimate of drug-likeness (QED) is 0.0725. The third-order valence-electron chi connectivity index (χ3n) is 7.64. The van der Waals surface area contributed by atoms with Crippen LogP contribution in [-0.4, -0.2) is 84.5 Å². The molecular formula is C29H41N5O8Si. The van der Waals surface area contributed by atoms with Gasteiger partial charge in [0.15, 0.2) is 25.5 Å². The lowest BCUT2D eigenvalue weighted by molar-refractivity contribution is -0.385. The Morgan fingerprint density at radius 1 is 1.26 bits per heavy atom. The number of carbonyl (C=O) groups is 2. The molecule has 0 bridgehead atoms. The largest absolute Gasteiger partial charge is 0.493 e. The van der Waals surface area contributed by atoms with E-state index < -0.39 is 25.1 Å². The highest BCUT2D eigenvalue weighted by atomic mass is 28.4. The van der Waals surface area contributed by atoms with Gasteiger partial charge in [0.1, 0.15) is 12.2 Å². The Labute approximate surface area is 252 Å². The van der Waals surface area contributed by atoms with Crippen molar-refractivity contribution < 1.29 is 33.1 Å². The summed E-state index contributed by atoms with van der Waals surface area (Å²) in [7, 11) is -0.680. The maximum Gasteiger partial charge on any atom is 0.360 e. The lowest BCUT2D eigenvalue weighted by Crippen LogP contribution is -2.46. The number of methoxy groups -OCH3 is 1. The molecule has 2 aromatic rings. The normalized spacial score (nSPS) is 15.3. The molecule has 13 nitrogen and oxygen atoms in total. The van der Waals surface area contributed by atoms with E-state index >= 15 is 0 Å². The summed E-state index contributed by atoms with van der Waals surface area (Å²) < 4.78 is 24.0. The van der Waals surface area contributed by atoms with Crippen LogP contribution in [0.3, 0.4) is 0 Å². The number of ether oxygens (including phenoxy) is 3. The highest BCUT2D eigenvalue weighted by Crippen LogP contribution is 2.39. The summed E-state index contributed by atoms with van der Waals surface area (Å²) in [6, 6.07) is 2.28. The second-order valence-corrected chi connectivity index (χ2v) is 16.7. The minimum atomic E-state index is -2.08. The van der Waals surface area contributed by atoms with E-state index in [1.807, 2.05) is 0 Å². The molecule has 0 saturated carbocycles. The molecule has 1 atom stereocenters. The number of esters is 1. The number of amides is 1. The van der Waals surface area contributed by atoms with Crippen molar-refractivity contribution in [2.75, 3.05) is 33.5 Å². The molecule has 0 aliphatic carbocycles. The van der Waals surface area contributed by atoms with Crippen LogP contribution in [0, 0.1) is 10.1 Å². The number of nitro benzene ring substituents is 1. The van der Waals surface area contributed by atoms with E-state index in [0.29, 0.717) is 26.0 Å². The first-order valence-electron chi connectivity index (χ1n) is 14.0. The summed E-state index contributed by atoms with van der Waals surface area (Å²) in [6.07, 6.45) is 3.91. The highest BCUT2D eigenvalue weighted by Gasteiger charge is 2.40. The van der Waals surface area contributed by atoms with Crippen molar-refractivity contribution in [1.29, 1.82) is 0 Å². The number of likely N-dealkylation sites (tertiary alicyclic amines) is 1. The van der Waals surface area contributed by atoms with Crippen LogP contribution in [0.25, 0.3) is 0 Å². The molecule has 0 N–H and O–H groups in total. The predicted molar refractivity (Wildman–Crippen MR) is 162 cm³/mol. The number of nitro groups is 1. The van der Waals surface area contributed by atoms with Crippen molar-refractivity contribution in [1.82, 2.24) is 19.9 Å². The van der Waals surface area contributed by atoms with Crippen molar-refractivity contribution in [3.8, 4) is 11.5 Å². The van der Waals surface area contributed by atoms with Crippen LogP contribution < -0.4 is 9.47 Å². The maximum atomic E-state index is 13.7. The van der Waals surface area contributed by atoms with Gasteiger partial charge in [-0.25, -0.2) is 4.79 Å². The van der Waals surface area contributed by atoms with Gasteiger partial charge in [0, 0.05) is 25.6 Å². The summed E-state index contributed by atoms with van der Waals surface area (Å²) in [5.41, 5.74) is 0.441. The molecule has 1 aromatic carbocycles. The van der Waals surface area contributed by atoms with E-state index in [2.05, 4.69) is 57.3 Å². The molecule has 234 valence electrons. The molecule has 1 aliphatic heterocycles. The summed E-state index contributed by atoms with van der Waals surface area (Å²) >= 11 is 0. The van der Waals surface area contributed by atoms with Gasteiger partial charge >= 0.3 is 5.97 Å². The molecule has 1 aliphatic rings. The Kier molecular flexibility index (Phi) is 10.9. The molecule has 0 spiro atoms. The number of hydrogen-bond acceptors (Lipinski definition) is 10. The van der Waals surface area contributed by atoms with Crippen molar-refractivity contribution in [3.63, 3.8) is 0 Å². The summed E-state index contributed by atoms with van der Waals surface area (Å²) in [5.74, 6) is -0.787. The number of rotatable bonds is 14. The van der Waals surface area contributed by atoms with E-state index in [-0.39, 0.29) is 59.3 Å². The topological polar surface area (TPSA) is 148 Å². The maximum absolute atomic E-state index is 13.7. The fourth-order valence-electron chi connectivity index (χ4n) is 4.20. The van der Waals surface area contributed by atoms with Crippen molar-refractivity contribution in [2.24, 2.45) is 0 Å². The van der Waals surface area contributed by atoms with Gasteiger partial charge in [0.05, 0.1) is 43.6 Å². The Hall–Kier alpha value is -4.04. The fraction of sp³-hybridized carbons (Fsp3) is 0.517. The lowest BCUT2D eigenvalue weighted by Gasteiger charge is -2.38. The Balaban J connectivity index is 1.72. The molecule has 2 heterocycles. The molecular weight excluding hydrogens is 574 g/mol. The molecule has 3 rings (SSSR count). The predicted octanol–water partition coefficient (Wildman–Crippen LogP) is 4.80. The fourth-order valence-corrected chi connectivity index (χ4v) is 5.24. The van der Waals surface area contributed by atoms with Gasteiger partial charge < -0.3 is 23.5 Å². The first-order valence-corrected chi connectivity index (χ1v) is 16.9. The molecule has 14 heteroatoms. The second kappa shape index (κ2) is 14.0. The van der Waals surface area contributed by atoms with Gasteiger partial charge in [-0.3, -0.25) is 19.6 Å². The zero-order chi connectivity index (χ0) is 31.9. The van der Waals surface area contributed by atoms with Crippen molar-refractivity contribution in [3.05, 3.63) is 64.5 Å². The van der Waals surface area contributed by atoms with E-state index in [1.165, 1.54) is 36.2 Å². The number of benzene rings is 1. The average Bonchev–Trinajstić information content (AvgIpc) is 3.58. The Morgan fingerprint density at radius 3 is 2.60 bits per heavy atom. The van der Waals surface area contributed by atoms with Crippen LogP contribution in [0.4, 0.5) is 5.69 Å². The summed E-state index contributed by atoms with van der Waals surface area (Å²) in [5, 5.41) is 19.8. The number of aryl methyl sites for hydroxylation is 1. The lowest BCUT2D eigenvalue weighted by atomic mass is 10.1. The van der Waals surface area contributed by atoms with Crippen LogP contribution in [0.1, 0.15) is 54.5 Å². The van der Waals surface area contributed by atoms with E-state index in [1.54, 1.807) is 4.90 Å². The zero-order valence-corrected chi connectivity index (χ0v) is 26.8. The summed E-state index contributed by atoms with van der Waals surface area (Å²) in [6.45, 7) is 19.5. The Morgan fingerprint density at radius 2 is 1.98 bits per heavy atom. The van der Waals surface area contributed by atoms with Gasteiger partial charge in [-0.05, 0) is 24.6 Å². The number of nitrogens with zero attached hydrogens (tertiary/aromatic N) is 5. The first-order chi connectivity index (χ1) is 20.2. The van der Waals surface area contributed by atoms with Crippen LogP contribution >= 0.6 is 0 Å². The smallest absolute Gasteiger partial charge is 0.360 e. The number of hydrogen-bond donors (Lipinski definition) is 0. The van der Waals surface area contributed by atoms with E-state index in [4.69, 9.17) is 18.6 Å². The molecule has 1 aromatic heterocycles. The second-order valence-electron chi connectivity index (χ2n) is 11.8. The summed E-state index contributed by atoms with van der Waals surface area (Å²) in [4.78, 5) is 38.7. The molecule has 1 fully saturated rings. The van der Waals surface area contributed by atoms with E-state index in [0.717, 1.165) is 5.57 Å². The molecule has 0 radical (unpaired) electrons. The molecule has 0 unspecified atom stereocenters. The standard InChI is InChI=1S/C29H41N5O8Si/c1-9-12-41-28(36)23-18-32(31-30-23)11-10-13-40-26-16-24(34(37)38)22(15-25(26)39-6)27(35)33-17-20(2)14-21(33)19-42-43(7,8)29(3,4)5/h9,15-16,18,21H,1-2,10-14,17,19H2,3-8H3/t21-/m0/s1. The van der Waals surface area contributed by atoms with Crippen LogP contribution in [0.5, 0.6) is 11.5 Å². The first kappa shape index (κ1) is 33.5. The van der Waals surface area contributed by atoms with Crippen molar-refractivity contribution in [2.45, 2.75) is 64.3 Å². The molecule has 1 saturated heterocycles. The zero-order valence-electron chi connectivity index (χ0n) is 25.8. The average molecular weight is 616 g/mol. The third-order valence-corrected chi connectivity index (χ3v) is 12.1. The SMILES string of the molecule is C=CCOC(=O)c1cn(CCCOc2cc([N+](=O)[O-])c(C(=O)N3CC(=C)C[C@H]3CO[Si](C)(C)C(C)(C)C)cc2OC)nn1. The molecule has 43 heavy (non-hydrogen) atoms. The minimum absolute atomic E-state index is 0.00302. The van der Waals surface area contributed by atoms with Gasteiger partial charge in [-0.1, -0.05) is 50.8 Å². The van der Waals surface area contributed by atoms with Gasteiger partial charge in [0.25, 0.3) is 11.6 Å². The minimum Gasteiger partial charge on any atom is -0.493 e. The monoisotopic (exact) mass is 615 g/mol. The van der Waals surface area contributed by atoms with Gasteiger partial charge in [0.2, 0.25) is 0 Å². The van der Waals surface area contributed by atoms with Crippen molar-refractivity contribution >= 4 is 25.9 Å². The number of carbonyl (C=O) groups excluding carboxylic acids is 2. The van der Waals surface area contributed by atoms with Crippen LogP contribution in [-0.2, 0) is 15.7 Å². The third kappa shape index (κ3) is 8.29. The van der Waals surface area contributed by atoms with E-state index in [9.17, 15) is 19.7 Å². The highest BCUT2D eigenvalue weighted by molar-refractivity contribution is 6.74.